The number of unbranched alkanes of at least 4 members (excludes halogenated alkanes) is 1. The largest absolute Gasteiger partial charge is 0.348 e. The predicted molar refractivity (Wildman–Crippen MR) is 118 cm³/mol. The van der Waals surface area contributed by atoms with Gasteiger partial charge < -0.3 is 4.57 Å². The van der Waals surface area contributed by atoms with Crippen LogP contribution in [0.3, 0.4) is 0 Å². The minimum absolute atomic E-state index is 0.891. The highest BCUT2D eigenvalue weighted by molar-refractivity contribution is 8.16. The molecular formula is C22H30N4S. The van der Waals surface area contributed by atoms with E-state index in [1.54, 1.807) is 11.8 Å². The van der Waals surface area contributed by atoms with E-state index in [4.69, 9.17) is 0 Å². The van der Waals surface area contributed by atoms with Gasteiger partial charge in [0.15, 0.2) is 5.17 Å². The van der Waals surface area contributed by atoms with Crippen LogP contribution in [0.25, 0.3) is 5.70 Å². The molecule has 0 saturated heterocycles. The Bertz CT molecular complexity index is 820. The van der Waals surface area contributed by atoms with E-state index in [0.29, 0.717) is 0 Å². The quantitative estimate of drug-likeness (QED) is 0.685. The summed E-state index contributed by atoms with van der Waals surface area (Å²) in [6.45, 7) is 8.50. The van der Waals surface area contributed by atoms with Crippen molar-refractivity contribution < 1.29 is 0 Å². The third-order valence-electron chi connectivity index (χ3n) is 4.95. The van der Waals surface area contributed by atoms with E-state index in [1.807, 2.05) is 12.1 Å². The van der Waals surface area contributed by atoms with Crippen molar-refractivity contribution in [2.75, 3.05) is 13.6 Å². The number of aliphatic imine (C=N–C) groups is 1. The Morgan fingerprint density at radius 3 is 2.63 bits per heavy atom. The lowest BCUT2D eigenvalue weighted by molar-refractivity contribution is 0.450. The molecule has 0 unspecified atom stereocenters. The van der Waals surface area contributed by atoms with Crippen molar-refractivity contribution in [3.63, 3.8) is 0 Å². The van der Waals surface area contributed by atoms with Crippen LogP contribution in [0, 0.1) is 13.8 Å². The number of rotatable bonds is 7. The zero-order valence-corrected chi connectivity index (χ0v) is 17.6. The van der Waals surface area contributed by atoms with Crippen LogP contribution in [-0.2, 0) is 13.0 Å². The highest BCUT2D eigenvalue weighted by Crippen LogP contribution is 2.28. The first kappa shape index (κ1) is 19.6. The molecule has 0 aliphatic carbocycles. The summed E-state index contributed by atoms with van der Waals surface area (Å²) < 4.78 is 2.42. The van der Waals surface area contributed by atoms with Crippen LogP contribution in [0.1, 0.15) is 42.3 Å². The van der Waals surface area contributed by atoms with E-state index in [9.17, 15) is 0 Å². The van der Waals surface area contributed by atoms with Gasteiger partial charge in [0.2, 0.25) is 0 Å². The topological polar surface area (TPSA) is 32.6 Å². The number of benzene rings is 1. The molecule has 1 N–H and O–H groups in total. The predicted octanol–water partition coefficient (Wildman–Crippen LogP) is 4.99. The lowest BCUT2D eigenvalue weighted by Crippen LogP contribution is -2.39. The third kappa shape index (κ3) is 4.78. The summed E-state index contributed by atoms with van der Waals surface area (Å²) in [6, 6.07) is 13.0. The summed E-state index contributed by atoms with van der Waals surface area (Å²) in [5.74, 6) is 0. The number of hydrogen-bond acceptors (Lipinski definition) is 3. The number of nitrogens with one attached hydrogen (secondary N) is 1. The molecule has 0 amide bonds. The Labute approximate surface area is 167 Å². The summed E-state index contributed by atoms with van der Waals surface area (Å²) in [5, 5.41) is 5.25. The Morgan fingerprint density at radius 1 is 1.15 bits per heavy atom. The maximum Gasteiger partial charge on any atom is 0.182 e. The molecule has 1 aromatic heterocycles. The first-order valence-electron chi connectivity index (χ1n) is 9.72. The van der Waals surface area contributed by atoms with E-state index < -0.39 is 0 Å². The maximum atomic E-state index is 4.68. The standard InChI is InChI=1S/C22H30N4S/c1-5-6-13-23-22-25(4)24-21(16-27-22)20-15-17(2)26(18(20)3)14-12-19-10-8-7-9-11-19/h7-11,15-16,24H,5-6,12-14H2,1-4H3. The lowest BCUT2D eigenvalue weighted by Gasteiger charge is -2.28. The van der Waals surface area contributed by atoms with Gasteiger partial charge in [0.05, 0.1) is 5.70 Å². The Hall–Kier alpha value is -2.14. The number of nitrogens with zero attached hydrogens (tertiary/aromatic N) is 3. The van der Waals surface area contributed by atoms with Gasteiger partial charge in [0, 0.05) is 42.5 Å². The van der Waals surface area contributed by atoms with E-state index in [-0.39, 0.29) is 0 Å². The molecule has 27 heavy (non-hydrogen) atoms. The van der Waals surface area contributed by atoms with Crippen molar-refractivity contribution in [2.24, 2.45) is 4.99 Å². The van der Waals surface area contributed by atoms with Crippen LogP contribution in [-0.4, -0.2) is 28.3 Å². The van der Waals surface area contributed by atoms with Crippen LogP contribution < -0.4 is 5.43 Å². The summed E-state index contributed by atoms with van der Waals surface area (Å²) in [6.07, 6.45) is 3.36. The van der Waals surface area contributed by atoms with Gasteiger partial charge in [-0.3, -0.25) is 15.4 Å². The third-order valence-corrected chi connectivity index (χ3v) is 5.91. The lowest BCUT2D eigenvalue weighted by atomic mass is 10.1. The number of thioether (sulfide) groups is 1. The van der Waals surface area contributed by atoms with Crippen LogP contribution >= 0.6 is 11.8 Å². The molecule has 0 spiro atoms. The summed E-state index contributed by atoms with van der Waals surface area (Å²) in [7, 11) is 2.04. The van der Waals surface area contributed by atoms with Crippen molar-refractivity contribution >= 4 is 22.6 Å². The zero-order chi connectivity index (χ0) is 19.2. The van der Waals surface area contributed by atoms with Crippen LogP contribution in [0.4, 0.5) is 0 Å². The van der Waals surface area contributed by atoms with Gasteiger partial charge in [0.25, 0.3) is 0 Å². The van der Waals surface area contributed by atoms with E-state index in [1.165, 1.54) is 28.9 Å². The molecule has 3 rings (SSSR count). The summed E-state index contributed by atoms with van der Waals surface area (Å²) >= 11 is 1.70. The smallest absolute Gasteiger partial charge is 0.182 e. The minimum atomic E-state index is 0.891. The first-order valence-corrected chi connectivity index (χ1v) is 10.6. The normalized spacial score (nSPS) is 15.8. The van der Waals surface area contributed by atoms with E-state index in [0.717, 1.165) is 36.8 Å². The number of hydrazine groups is 1. The van der Waals surface area contributed by atoms with Gasteiger partial charge in [-0.25, -0.2) is 0 Å². The van der Waals surface area contributed by atoms with Crippen molar-refractivity contribution in [3.8, 4) is 0 Å². The second kappa shape index (κ2) is 9.18. The number of hydrogen-bond donors (Lipinski definition) is 1. The van der Waals surface area contributed by atoms with E-state index >= 15 is 0 Å². The molecule has 0 bridgehead atoms. The molecule has 4 nitrogen and oxygen atoms in total. The molecule has 0 fully saturated rings. The zero-order valence-electron chi connectivity index (χ0n) is 16.8. The van der Waals surface area contributed by atoms with Gasteiger partial charge in [-0.15, -0.1) is 0 Å². The van der Waals surface area contributed by atoms with Crippen molar-refractivity contribution in [3.05, 3.63) is 64.3 Å². The molecule has 0 radical (unpaired) electrons. The van der Waals surface area contributed by atoms with Gasteiger partial charge >= 0.3 is 0 Å². The molecular weight excluding hydrogens is 352 g/mol. The highest BCUT2D eigenvalue weighted by Gasteiger charge is 2.19. The Kier molecular flexibility index (Phi) is 6.67. The molecule has 2 aromatic rings. The SMILES string of the molecule is CCCCN=C1SC=C(c2cc(C)n(CCc3ccccc3)c2C)NN1C. The second-order valence-electron chi connectivity index (χ2n) is 7.01. The van der Waals surface area contributed by atoms with Gasteiger partial charge in [-0.1, -0.05) is 55.4 Å². The summed E-state index contributed by atoms with van der Waals surface area (Å²) in [4.78, 5) is 4.68. The highest BCUT2D eigenvalue weighted by atomic mass is 32.2. The van der Waals surface area contributed by atoms with Crippen LogP contribution in [0.2, 0.25) is 0 Å². The first-order chi connectivity index (χ1) is 13.1. The van der Waals surface area contributed by atoms with Gasteiger partial charge in [-0.05, 0) is 38.3 Å². The van der Waals surface area contributed by atoms with Gasteiger partial charge in [0.1, 0.15) is 0 Å². The van der Waals surface area contributed by atoms with Crippen LogP contribution in [0.15, 0.2) is 46.8 Å². The van der Waals surface area contributed by atoms with Crippen LogP contribution in [0.5, 0.6) is 0 Å². The average Bonchev–Trinajstić information content (AvgIpc) is 2.96. The molecule has 1 aliphatic heterocycles. The molecule has 0 atom stereocenters. The summed E-state index contributed by atoms with van der Waals surface area (Å²) in [5.41, 5.74) is 9.90. The average molecular weight is 383 g/mol. The molecule has 0 saturated carbocycles. The number of amidine groups is 1. The molecule has 1 aliphatic rings. The Balaban J connectivity index is 1.73. The minimum Gasteiger partial charge on any atom is -0.348 e. The molecule has 5 heteroatoms. The molecule has 2 heterocycles. The monoisotopic (exact) mass is 382 g/mol. The number of aryl methyl sites for hydroxylation is 2. The van der Waals surface area contributed by atoms with Crippen molar-refractivity contribution in [2.45, 2.75) is 46.6 Å². The van der Waals surface area contributed by atoms with E-state index in [2.05, 4.69) is 77.6 Å². The number of aromatic nitrogens is 1. The second-order valence-corrected chi connectivity index (χ2v) is 7.85. The molecule has 1 aromatic carbocycles. The molecule has 144 valence electrons. The fourth-order valence-electron chi connectivity index (χ4n) is 3.35. The van der Waals surface area contributed by atoms with Gasteiger partial charge in [-0.2, -0.15) is 0 Å². The van der Waals surface area contributed by atoms with Crippen molar-refractivity contribution in [1.82, 2.24) is 15.0 Å². The van der Waals surface area contributed by atoms with Crippen molar-refractivity contribution in [1.29, 1.82) is 0 Å². The fraction of sp³-hybridized carbons (Fsp3) is 0.409. The Morgan fingerprint density at radius 2 is 1.93 bits per heavy atom. The maximum absolute atomic E-state index is 4.68. The fourth-order valence-corrected chi connectivity index (χ4v) is 4.12.